The normalized spacial score (nSPS) is 10.4. The maximum Gasteiger partial charge on any atom is 0.338 e. The molecule has 0 aliphatic carbocycles. The van der Waals surface area contributed by atoms with Crippen LogP contribution in [0.2, 0.25) is 0 Å². The van der Waals surface area contributed by atoms with E-state index in [2.05, 4.69) is 9.97 Å². The third kappa shape index (κ3) is 4.66. The zero-order valence-corrected chi connectivity index (χ0v) is 14.8. The summed E-state index contributed by atoms with van der Waals surface area (Å²) in [4.78, 5) is 20.9. The minimum absolute atomic E-state index is 0.174. The maximum absolute atomic E-state index is 11.9. The SMILES string of the molecule is Cc1cccc(-c2cc(OCCOC(=O)c3ccccc3)cc(C)n2)n1. The Morgan fingerprint density at radius 3 is 2.38 bits per heavy atom. The van der Waals surface area contributed by atoms with Crippen LogP contribution in [0.5, 0.6) is 5.75 Å². The van der Waals surface area contributed by atoms with Crippen molar-refractivity contribution in [3.05, 3.63) is 77.6 Å². The monoisotopic (exact) mass is 348 g/mol. The van der Waals surface area contributed by atoms with Crippen LogP contribution in [0.15, 0.2) is 60.7 Å². The number of carbonyl (C=O) groups is 1. The van der Waals surface area contributed by atoms with Gasteiger partial charge in [0.25, 0.3) is 0 Å². The molecule has 0 aliphatic rings. The Morgan fingerprint density at radius 1 is 0.846 bits per heavy atom. The van der Waals surface area contributed by atoms with Crippen LogP contribution >= 0.6 is 0 Å². The second-order valence-electron chi connectivity index (χ2n) is 5.84. The van der Waals surface area contributed by atoms with E-state index in [0.717, 1.165) is 22.8 Å². The molecule has 132 valence electrons. The number of esters is 1. The van der Waals surface area contributed by atoms with E-state index in [-0.39, 0.29) is 19.2 Å². The van der Waals surface area contributed by atoms with Crippen LogP contribution in [0.4, 0.5) is 0 Å². The fraction of sp³-hybridized carbons (Fsp3) is 0.190. The summed E-state index contributed by atoms with van der Waals surface area (Å²) in [5.41, 5.74) is 3.85. The van der Waals surface area contributed by atoms with Gasteiger partial charge in [0.15, 0.2) is 0 Å². The Morgan fingerprint density at radius 2 is 1.62 bits per heavy atom. The van der Waals surface area contributed by atoms with E-state index in [1.807, 2.05) is 50.2 Å². The van der Waals surface area contributed by atoms with Crippen LogP contribution in [0.25, 0.3) is 11.4 Å². The van der Waals surface area contributed by atoms with Crippen molar-refractivity contribution in [1.29, 1.82) is 0 Å². The predicted octanol–water partition coefficient (Wildman–Crippen LogP) is 4.00. The molecule has 0 saturated carbocycles. The van der Waals surface area contributed by atoms with Crippen molar-refractivity contribution in [3.63, 3.8) is 0 Å². The van der Waals surface area contributed by atoms with Crippen LogP contribution in [0, 0.1) is 13.8 Å². The van der Waals surface area contributed by atoms with Crippen molar-refractivity contribution < 1.29 is 14.3 Å². The third-order valence-electron chi connectivity index (χ3n) is 3.67. The van der Waals surface area contributed by atoms with Crippen LogP contribution in [-0.2, 0) is 4.74 Å². The molecule has 0 bridgehead atoms. The van der Waals surface area contributed by atoms with Crippen molar-refractivity contribution in [3.8, 4) is 17.1 Å². The van der Waals surface area contributed by atoms with Gasteiger partial charge in [-0.25, -0.2) is 4.79 Å². The summed E-state index contributed by atoms with van der Waals surface area (Å²) in [6.45, 7) is 4.29. The Bertz CT molecular complexity index is 895. The molecule has 0 atom stereocenters. The number of rotatable bonds is 6. The highest BCUT2D eigenvalue weighted by atomic mass is 16.6. The van der Waals surface area contributed by atoms with E-state index in [1.165, 1.54) is 0 Å². The lowest BCUT2D eigenvalue weighted by molar-refractivity contribution is 0.0450. The molecule has 0 saturated heterocycles. The quantitative estimate of drug-likeness (QED) is 0.498. The minimum Gasteiger partial charge on any atom is -0.490 e. The first-order valence-corrected chi connectivity index (χ1v) is 8.39. The number of aromatic nitrogens is 2. The second-order valence-corrected chi connectivity index (χ2v) is 5.84. The lowest BCUT2D eigenvalue weighted by Crippen LogP contribution is -2.12. The summed E-state index contributed by atoms with van der Waals surface area (Å²) >= 11 is 0. The molecule has 5 heteroatoms. The number of carbonyl (C=O) groups excluding carboxylic acids is 1. The molecule has 3 aromatic rings. The van der Waals surface area contributed by atoms with E-state index < -0.39 is 0 Å². The van der Waals surface area contributed by atoms with Crippen molar-refractivity contribution >= 4 is 5.97 Å². The number of hydrogen-bond acceptors (Lipinski definition) is 5. The Hall–Kier alpha value is -3.21. The Kier molecular flexibility index (Phi) is 5.59. The fourth-order valence-corrected chi connectivity index (χ4v) is 2.49. The summed E-state index contributed by atoms with van der Waals surface area (Å²) in [5.74, 6) is 0.316. The molecule has 0 aliphatic heterocycles. The highest BCUT2D eigenvalue weighted by Gasteiger charge is 2.08. The highest BCUT2D eigenvalue weighted by Crippen LogP contribution is 2.22. The topological polar surface area (TPSA) is 61.3 Å². The van der Waals surface area contributed by atoms with Crippen LogP contribution in [0.3, 0.4) is 0 Å². The van der Waals surface area contributed by atoms with Gasteiger partial charge in [0.05, 0.1) is 17.0 Å². The van der Waals surface area contributed by atoms with E-state index in [4.69, 9.17) is 9.47 Å². The first-order valence-electron chi connectivity index (χ1n) is 8.39. The molecule has 0 spiro atoms. The van der Waals surface area contributed by atoms with Crippen molar-refractivity contribution in [2.24, 2.45) is 0 Å². The predicted molar refractivity (Wildman–Crippen MR) is 99.2 cm³/mol. The number of pyridine rings is 2. The molecule has 3 rings (SSSR count). The standard InChI is InChI=1S/C21H20N2O3/c1-15-7-6-10-19(22-15)20-14-18(13-16(2)23-20)25-11-12-26-21(24)17-8-4-3-5-9-17/h3-10,13-14H,11-12H2,1-2H3. The smallest absolute Gasteiger partial charge is 0.338 e. The Balaban J connectivity index is 1.59. The van der Waals surface area contributed by atoms with Crippen molar-refractivity contribution in [2.45, 2.75) is 13.8 Å². The summed E-state index contributed by atoms with van der Waals surface area (Å²) < 4.78 is 10.9. The summed E-state index contributed by atoms with van der Waals surface area (Å²) in [7, 11) is 0. The molecule has 26 heavy (non-hydrogen) atoms. The number of hydrogen-bond donors (Lipinski definition) is 0. The van der Waals surface area contributed by atoms with Crippen LogP contribution < -0.4 is 4.74 Å². The summed E-state index contributed by atoms with van der Waals surface area (Å²) in [5, 5.41) is 0. The molecular formula is C21H20N2O3. The summed E-state index contributed by atoms with van der Waals surface area (Å²) in [6.07, 6.45) is 0. The Labute approximate surface area is 152 Å². The molecule has 0 radical (unpaired) electrons. The fourth-order valence-electron chi connectivity index (χ4n) is 2.49. The van der Waals surface area contributed by atoms with Gasteiger partial charge in [-0.1, -0.05) is 24.3 Å². The van der Waals surface area contributed by atoms with Gasteiger partial charge in [0.2, 0.25) is 0 Å². The first-order chi connectivity index (χ1) is 12.6. The number of aryl methyl sites for hydroxylation is 2. The molecular weight excluding hydrogens is 328 g/mol. The molecule has 0 N–H and O–H groups in total. The summed E-state index contributed by atoms with van der Waals surface area (Å²) in [6, 6.07) is 18.4. The molecule has 2 heterocycles. The number of nitrogens with zero attached hydrogens (tertiary/aromatic N) is 2. The van der Waals surface area contributed by atoms with Gasteiger partial charge in [-0.15, -0.1) is 0 Å². The van der Waals surface area contributed by atoms with Gasteiger partial charge < -0.3 is 9.47 Å². The molecule has 2 aromatic heterocycles. The van der Waals surface area contributed by atoms with E-state index in [1.54, 1.807) is 24.3 Å². The number of benzene rings is 1. The number of ether oxygens (including phenoxy) is 2. The largest absolute Gasteiger partial charge is 0.490 e. The molecule has 0 unspecified atom stereocenters. The minimum atomic E-state index is -0.357. The van der Waals surface area contributed by atoms with E-state index >= 15 is 0 Å². The average molecular weight is 348 g/mol. The molecule has 0 amide bonds. The second kappa shape index (κ2) is 8.25. The van der Waals surface area contributed by atoms with E-state index in [0.29, 0.717) is 11.3 Å². The molecule has 5 nitrogen and oxygen atoms in total. The van der Waals surface area contributed by atoms with Gasteiger partial charge in [-0.2, -0.15) is 0 Å². The van der Waals surface area contributed by atoms with Gasteiger partial charge in [0.1, 0.15) is 19.0 Å². The highest BCUT2D eigenvalue weighted by molar-refractivity contribution is 5.89. The van der Waals surface area contributed by atoms with Crippen LogP contribution in [-0.4, -0.2) is 29.2 Å². The maximum atomic E-state index is 11.9. The lowest BCUT2D eigenvalue weighted by atomic mass is 10.2. The third-order valence-corrected chi connectivity index (χ3v) is 3.67. The van der Waals surface area contributed by atoms with Crippen molar-refractivity contribution in [2.75, 3.05) is 13.2 Å². The van der Waals surface area contributed by atoms with E-state index in [9.17, 15) is 4.79 Å². The van der Waals surface area contributed by atoms with Gasteiger partial charge in [-0.3, -0.25) is 9.97 Å². The molecule has 1 aromatic carbocycles. The lowest BCUT2D eigenvalue weighted by Gasteiger charge is -2.10. The van der Waals surface area contributed by atoms with Gasteiger partial charge in [-0.05, 0) is 38.1 Å². The van der Waals surface area contributed by atoms with Crippen molar-refractivity contribution in [1.82, 2.24) is 9.97 Å². The van der Waals surface area contributed by atoms with Gasteiger partial charge >= 0.3 is 5.97 Å². The average Bonchev–Trinajstić information content (AvgIpc) is 2.65. The van der Waals surface area contributed by atoms with Crippen LogP contribution in [0.1, 0.15) is 21.7 Å². The molecule has 0 fully saturated rings. The van der Waals surface area contributed by atoms with Gasteiger partial charge in [0, 0.05) is 23.5 Å². The first kappa shape index (κ1) is 17.6. The zero-order chi connectivity index (χ0) is 18.4. The zero-order valence-electron chi connectivity index (χ0n) is 14.8.